The van der Waals surface area contributed by atoms with E-state index in [1.165, 1.54) is 12.1 Å². The predicted octanol–water partition coefficient (Wildman–Crippen LogP) is 1.67. The molecule has 6 nitrogen and oxygen atoms in total. The molecule has 0 radical (unpaired) electrons. The average Bonchev–Trinajstić information content (AvgIpc) is 2.37. The molecular weight excluding hydrogens is 316 g/mol. The lowest BCUT2D eigenvalue weighted by Crippen LogP contribution is -2.38. The number of sulfonamides is 1. The standard InChI is InChI=1S/C13H17ClN2O4S/c1-9-6-10(7-12(14)15-9)13(17)16-21(18,19)8-11-4-2-3-5-20-11/h6-7,11H,2-5,8H2,1H3,(H,16,17). The topological polar surface area (TPSA) is 85.4 Å². The molecule has 0 spiro atoms. The fraction of sp³-hybridized carbons (Fsp3) is 0.538. The summed E-state index contributed by atoms with van der Waals surface area (Å²) in [4.78, 5) is 15.9. The summed E-state index contributed by atoms with van der Waals surface area (Å²) in [5.41, 5.74) is 0.710. The lowest BCUT2D eigenvalue weighted by molar-refractivity contribution is 0.0304. The van der Waals surface area contributed by atoms with Gasteiger partial charge in [0.2, 0.25) is 10.0 Å². The first-order chi connectivity index (χ1) is 9.85. The molecule has 1 aliphatic rings. The third kappa shape index (κ3) is 4.94. The van der Waals surface area contributed by atoms with Gasteiger partial charge in [-0.2, -0.15) is 0 Å². The summed E-state index contributed by atoms with van der Waals surface area (Å²) in [5, 5.41) is 0.146. The van der Waals surface area contributed by atoms with E-state index in [1.807, 2.05) is 4.72 Å². The van der Waals surface area contributed by atoms with Crippen LogP contribution in [0.15, 0.2) is 12.1 Å². The van der Waals surface area contributed by atoms with Gasteiger partial charge in [-0.3, -0.25) is 4.79 Å². The Bertz CT molecular complexity index is 607. The number of hydrogen-bond acceptors (Lipinski definition) is 5. The molecule has 1 amide bonds. The maximum absolute atomic E-state index is 12.0. The summed E-state index contributed by atoms with van der Waals surface area (Å²) in [5.74, 6) is -0.922. The molecule has 1 aromatic heterocycles. The van der Waals surface area contributed by atoms with Crippen LogP contribution in [0.1, 0.15) is 35.3 Å². The number of aromatic nitrogens is 1. The first kappa shape index (κ1) is 16.2. The van der Waals surface area contributed by atoms with Crippen LogP contribution in [-0.4, -0.2) is 37.8 Å². The number of nitrogens with zero attached hydrogens (tertiary/aromatic N) is 1. The number of amides is 1. The highest BCUT2D eigenvalue weighted by atomic mass is 35.5. The minimum atomic E-state index is -3.74. The second-order valence-corrected chi connectivity index (χ2v) is 7.18. The molecule has 2 rings (SSSR count). The summed E-state index contributed by atoms with van der Waals surface area (Å²) in [7, 11) is -3.74. The molecule has 0 bridgehead atoms. The van der Waals surface area contributed by atoms with Crippen LogP contribution in [0, 0.1) is 6.92 Å². The van der Waals surface area contributed by atoms with E-state index in [-0.39, 0.29) is 22.6 Å². The molecular formula is C13H17ClN2O4S. The minimum absolute atomic E-state index is 0.146. The van der Waals surface area contributed by atoms with Crippen LogP contribution >= 0.6 is 11.6 Å². The van der Waals surface area contributed by atoms with Crippen molar-refractivity contribution in [3.05, 3.63) is 28.5 Å². The molecule has 1 aliphatic heterocycles. The van der Waals surface area contributed by atoms with Crippen molar-refractivity contribution in [2.45, 2.75) is 32.3 Å². The number of carbonyl (C=O) groups excluding carboxylic acids is 1. The highest BCUT2D eigenvalue weighted by Gasteiger charge is 2.24. The van der Waals surface area contributed by atoms with Crippen molar-refractivity contribution in [1.82, 2.24) is 9.71 Å². The Hall–Kier alpha value is -1.18. The van der Waals surface area contributed by atoms with Gasteiger partial charge in [0.1, 0.15) is 5.15 Å². The highest BCUT2D eigenvalue weighted by Crippen LogP contribution is 2.15. The number of pyridine rings is 1. The number of carbonyl (C=O) groups is 1. The third-order valence-corrected chi connectivity index (χ3v) is 4.61. The first-order valence-electron chi connectivity index (χ1n) is 6.66. The normalized spacial score (nSPS) is 19.2. The number of rotatable bonds is 4. The molecule has 21 heavy (non-hydrogen) atoms. The Morgan fingerprint density at radius 1 is 1.48 bits per heavy atom. The van der Waals surface area contributed by atoms with E-state index in [2.05, 4.69) is 4.98 Å². The maximum Gasteiger partial charge on any atom is 0.264 e. The van der Waals surface area contributed by atoms with Gasteiger partial charge in [-0.05, 0) is 38.3 Å². The van der Waals surface area contributed by atoms with Crippen LogP contribution in [0.5, 0.6) is 0 Å². The monoisotopic (exact) mass is 332 g/mol. The summed E-state index contributed by atoms with van der Waals surface area (Å²) >= 11 is 5.76. The molecule has 116 valence electrons. The Labute approximate surface area is 128 Å². The Balaban J connectivity index is 2.03. The quantitative estimate of drug-likeness (QED) is 0.848. The van der Waals surface area contributed by atoms with Crippen molar-refractivity contribution in [3.8, 4) is 0 Å². The van der Waals surface area contributed by atoms with Gasteiger partial charge in [-0.25, -0.2) is 18.1 Å². The fourth-order valence-corrected chi connectivity index (χ4v) is 3.67. The predicted molar refractivity (Wildman–Crippen MR) is 78.8 cm³/mol. The van der Waals surface area contributed by atoms with E-state index in [4.69, 9.17) is 16.3 Å². The number of halogens is 1. The molecule has 1 unspecified atom stereocenters. The maximum atomic E-state index is 12.0. The van der Waals surface area contributed by atoms with Crippen molar-refractivity contribution < 1.29 is 17.9 Å². The van der Waals surface area contributed by atoms with Gasteiger partial charge >= 0.3 is 0 Å². The molecule has 0 aliphatic carbocycles. The van der Waals surface area contributed by atoms with E-state index >= 15 is 0 Å². The summed E-state index contributed by atoms with van der Waals surface area (Å²) < 4.78 is 31.4. The molecule has 0 saturated carbocycles. The fourth-order valence-electron chi connectivity index (χ4n) is 2.18. The highest BCUT2D eigenvalue weighted by molar-refractivity contribution is 7.90. The van der Waals surface area contributed by atoms with Crippen molar-refractivity contribution in [2.24, 2.45) is 0 Å². The summed E-state index contributed by atoms with van der Waals surface area (Å²) in [6.45, 7) is 2.24. The van der Waals surface area contributed by atoms with Gasteiger partial charge in [-0.15, -0.1) is 0 Å². The number of aryl methyl sites for hydroxylation is 1. The lowest BCUT2D eigenvalue weighted by atomic mass is 10.1. The SMILES string of the molecule is Cc1cc(C(=O)NS(=O)(=O)CC2CCCCO2)cc(Cl)n1. The molecule has 1 aromatic rings. The van der Waals surface area contributed by atoms with E-state index in [1.54, 1.807) is 6.92 Å². The first-order valence-corrected chi connectivity index (χ1v) is 8.69. The number of ether oxygens (including phenoxy) is 1. The zero-order valence-electron chi connectivity index (χ0n) is 11.6. The zero-order chi connectivity index (χ0) is 15.5. The number of hydrogen-bond donors (Lipinski definition) is 1. The van der Waals surface area contributed by atoms with E-state index in [0.717, 1.165) is 12.8 Å². The average molecular weight is 333 g/mol. The summed E-state index contributed by atoms with van der Waals surface area (Å²) in [6.07, 6.45) is 2.21. The Kier molecular flexibility index (Phi) is 5.18. The van der Waals surface area contributed by atoms with Gasteiger partial charge in [-0.1, -0.05) is 11.6 Å². The van der Waals surface area contributed by atoms with Crippen molar-refractivity contribution >= 4 is 27.5 Å². The van der Waals surface area contributed by atoms with Crippen LogP contribution in [0.4, 0.5) is 0 Å². The van der Waals surface area contributed by atoms with Crippen LogP contribution in [0.3, 0.4) is 0 Å². The van der Waals surface area contributed by atoms with Gasteiger partial charge < -0.3 is 4.74 Å². The molecule has 1 fully saturated rings. The van der Waals surface area contributed by atoms with Crippen molar-refractivity contribution in [2.75, 3.05) is 12.4 Å². The Morgan fingerprint density at radius 3 is 2.86 bits per heavy atom. The van der Waals surface area contributed by atoms with E-state index in [9.17, 15) is 13.2 Å². The molecule has 1 saturated heterocycles. The second kappa shape index (κ2) is 6.72. The van der Waals surface area contributed by atoms with Crippen LogP contribution in [-0.2, 0) is 14.8 Å². The van der Waals surface area contributed by atoms with Crippen LogP contribution < -0.4 is 4.72 Å². The smallest absolute Gasteiger partial charge is 0.264 e. The zero-order valence-corrected chi connectivity index (χ0v) is 13.2. The van der Waals surface area contributed by atoms with Crippen molar-refractivity contribution in [3.63, 3.8) is 0 Å². The number of nitrogens with one attached hydrogen (secondary N) is 1. The molecule has 1 N–H and O–H groups in total. The molecule has 8 heteroatoms. The molecule has 2 heterocycles. The van der Waals surface area contributed by atoms with Gasteiger partial charge in [0.05, 0.1) is 11.9 Å². The lowest BCUT2D eigenvalue weighted by Gasteiger charge is -2.22. The van der Waals surface area contributed by atoms with Crippen LogP contribution in [0.25, 0.3) is 0 Å². The van der Waals surface area contributed by atoms with E-state index < -0.39 is 15.9 Å². The second-order valence-electron chi connectivity index (χ2n) is 5.02. The van der Waals surface area contributed by atoms with Gasteiger partial charge in [0.15, 0.2) is 0 Å². The van der Waals surface area contributed by atoms with Gasteiger partial charge in [0.25, 0.3) is 5.91 Å². The van der Waals surface area contributed by atoms with Gasteiger partial charge in [0, 0.05) is 17.9 Å². The largest absolute Gasteiger partial charge is 0.377 e. The van der Waals surface area contributed by atoms with E-state index in [0.29, 0.717) is 18.7 Å². The van der Waals surface area contributed by atoms with Crippen LogP contribution in [0.2, 0.25) is 5.15 Å². The summed E-state index contributed by atoms with van der Waals surface area (Å²) in [6, 6.07) is 2.81. The Morgan fingerprint density at radius 2 is 2.24 bits per heavy atom. The molecule has 0 aromatic carbocycles. The molecule has 1 atom stereocenters. The minimum Gasteiger partial charge on any atom is -0.377 e. The van der Waals surface area contributed by atoms with Crippen molar-refractivity contribution in [1.29, 1.82) is 0 Å². The third-order valence-electron chi connectivity index (χ3n) is 3.11.